The van der Waals surface area contributed by atoms with Crippen LogP contribution in [0.2, 0.25) is 0 Å². The maximum atomic E-state index is 12.5. The van der Waals surface area contributed by atoms with Crippen LogP contribution in [0.15, 0.2) is 72.8 Å². The van der Waals surface area contributed by atoms with E-state index < -0.39 is 6.10 Å². The van der Waals surface area contributed by atoms with Gasteiger partial charge in [0.05, 0.1) is 5.52 Å². The molecular formula is C28H30N2O3. The van der Waals surface area contributed by atoms with Gasteiger partial charge in [-0.15, -0.1) is 0 Å². The van der Waals surface area contributed by atoms with Crippen LogP contribution in [0.3, 0.4) is 0 Å². The van der Waals surface area contributed by atoms with E-state index in [0.717, 1.165) is 22.3 Å². The van der Waals surface area contributed by atoms with Crippen LogP contribution < -0.4 is 10.1 Å². The van der Waals surface area contributed by atoms with Crippen molar-refractivity contribution in [2.75, 3.05) is 13.2 Å². The van der Waals surface area contributed by atoms with Crippen LogP contribution in [0.4, 0.5) is 0 Å². The Morgan fingerprint density at radius 1 is 1.03 bits per heavy atom. The van der Waals surface area contributed by atoms with E-state index >= 15 is 0 Å². The zero-order valence-electron chi connectivity index (χ0n) is 19.3. The Balaban J connectivity index is 1.49. The Labute approximate surface area is 194 Å². The van der Waals surface area contributed by atoms with Gasteiger partial charge in [-0.25, -0.2) is 0 Å². The van der Waals surface area contributed by atoms with E-state index in [1.165, 1.54) is 11.1 Å². The molecule has 4 aromatic rings. The minimum Gasteiger partial charge on any atom is -0.491 e. The fourth-order valence-corrected chi connectivity index (χ4v) is 4.19. The predicted molar refractivity (Wildman–Crippen MR) is 132 cm³/mol. The maximum absolute atomic E-state index is 12.5. The number of aryl methyl sites for hydroxylation is 1. The molecule has 0 saturated heterocycles. The third kappa shape index (κ3) is 5.16. The third-order valence-corrected chi connectivity index (χ3v) is 5.81. The lowest BCUT2D eigenvalue weighted by Crippen LogP contribution is -2.31. The summed E-state index contributed by atoms with van der Waals surface area (Å²) in [5, 5.41) is 14.4. The number of aliphatic hydroxyl groups is 1. The molecule has 1 heterocycles. The second-order valence-electron chi connectivity index (χ2n) is 8.45. The second-order valence-corrected chi connectivity index (χ2v) is 8.45. The quantitative estimate of drug-likeness (QED) is 0.359. The minimum atomic E-state index is -0.643. The molecule has 0 saturated carbocycles. The summed E-state index contributed by atoms with van der Waals surface area (Å²) in [4.78, 5) is 12.5. The van der Waals surface area contributed by atoms with E-state index in [9.17, 15) is 9.90 Å². The highest BCUT2D eigenvalue weighted by atomic mass is 16.5. The third-order valence-electron chi connectivity index (χ3n) is 5.81. The smallest absolute Gasteiger partial charge is 0.162 e. The zero-order valence-corrected chi connectivity index (χ0v) is 19.3. The van der Waals surface area contributed by atoms with Crippen molar-refractivity contribution in [1.82, 2.24) is 9.88 Å². The van der Waals surface area contributed by atoms with Gasteiger partial charge in [-0.3, -0.25) is 4.79 Å². The number of nitrogens with zero attached hydrogens (tertiary/aromatic N) is 1. The molecule has 2 N–H and O–H groups in total. The highest BCUT2D eigenvalue weighted by molar-refractivity contribution is 6.09. The van der Waals surface area contributed by atoms with Gasteiger partial charge in [-0.05, 0) is 56.7 Å². The van der Waals surface area contributed by atoms with Gasteiger partial charge in [0.25, 0.3) is 0 Å². The summed E-state index contributed by atoms with van der Waals surface area (Å²) in [6.45, 7) is 6.91. The molecule has 0 fully saturated rings. The zero-order chi connectivity index (χ0) is 23.4. The van der Waals surface area contributed by atoms with Gasteiger partial charge in [0.2, 0.25) is 0 Å². The lowest BCUT2D eigenvalue weighted by Gasteiger charge is -2.14. The number of nitrogens with one attached hydrogen (secondary N) is 1. The van der Waals surface area contributed by atoms with Crippen LogP contribution in [0.5, 0.6) is 5.75 Å². The van der Waals surface area contributed by atoms with Crippen molar-refractivity contribution in [3.63, 3.8) is 0 Å². The van der Waals surface area contributed by atoms with Crippen molar-refractivity contribution in [3.05, 3.63) is 95.2 Å². The first-order chi connectivity index (χ1) is 15.9. The van der Waals surface area contributed by atoms with E-state index in [0.29, 0.717) is 24.4 Å². The molecule has 170 valence electrons. The number of hydrogen-bond acceptors (Lipinski definition) is 4. The lowest BCUT2D eigenvalue weighted by atomic mass is 10.1. The summed E-state index contributed by atoms with van der Waals surface area (Å²) >= 11 is 0. The number of hydrogen-bond donors (Lipinski definition) is 2. The number of fused-ring (bicyclic) bond motifs is 1. The van der Waals surface area contributed by atoms with Gasteiger partial charge in [0.1, 0.15) is 18.5 Å². The number of carbonyl (C=O) groups is 1. The highest BCUT2D eigenvalue weighted by Gasteiger charge is 2.19. The maximum Gasteiger partial charge on any atom is 0.162 e. The molecule has 1 aromatic heterocycles. The Kier molecular flexibility index (Phi) is 6.92. The molecule has 0 spiro atoms. The van der Waals surface area contributed by atoms with Crippen LogP contribution in [-0.4, -0.2) is 34.7 Å². The van der Waals surface area contributed by atoms with E-state index in [1.54, 1.807) is 6.92 Å². The molecule has 5 nitrogen and oxygen atoms in total. The van der Waals surface area contributed by atoms with Crippen LogP contribution in [-0.2, 0) is 6.54 Å². The van der Waals surface area contributed by atoms with Crippen molar-refractivity contribution >= 4 is 16.7 Å². The molecule has 0 bridgehead atoms. The Hall–Kier alpha value is -3.41. The SMILES string of the molecule is CC(=O)c1c(C)n(-c2ccc(C)cc2)c2ccc(OCC(O)CNCc3ccccc3)cc12. The van der Waals surface area contributed by atoms with Gasteiger partial charge in [0.15, 0.2) is 5.78 Å². The second kappa shape index (κ2) is 10.0. The molecule has 0 aliphatic carbocycles. The van der Waals surface area contributed by atoms with Crippen LogP contribution in [0, 0.1) is 13.8 Å². The summed E-state index contributed by atoms with van der Waals surface area (Å²) in [6, 6.07) is 24.1. The number of ether oxygens (including phenoxy) is 1. The number of Topliss-reactive ketones (excluding diaryl/α,β-unsaturated/α-hetero) is 1. The number of rotatable bonds is 9. The fraction of sp³-hybridized carbons (Fsp3) is 0.250. The largest absolute Gasteiger partial charge is 0.491 e. The van der Waals surface area contributed by atoms with Crippen molar-refractivity contribution in [3.8, 4) is 11.4 Å². The predicted octanol–water partition coefficient (Wildman–Crippen LogP) is 4.98. The van der Waals surface area contributed by atoms with Crippen LogP contribution in [0.1, 0.15) is 34.1 Å². The number of benzene rings is 3. The first-order valence-electron chi connectivity index (χ1n) is 11.2. The number of ketones is 1. The van der Waals surface area contributed by atoms with Gasteiger partial charge in [-0.2, -0.15) is 0 Å². The fourth-order valence-electron chi connectivity index (χ4n) is 4.19. The van der Waals surface area contributed by atoms with Crippen molar-refractivity contribution < 1.29 is 14.6 Å². The first kappa shape index (κ1) is 22.8. The minimum absolute atomic E-state index is 0.0191. The molecule has 33 heavy (non-hydrogen) atoms. The van der Waals surface area contributed by atoms with E-state index in [1.807, 2.05) is 55.5 Å². The van der Waals surface area contributed by atoms with Crippen molar-refractivity contribution in [2.24, 2.45) is 0 Å². The molecule has 3 aromatic carbocycles. The molecule has 1 atom stereocenters. The normalized spacial score (nSPS) is 12.1. The van der Waals surface area contributed by atoms with E-state index in [-0.39, 0.29) is 12.4 Å². The molecular weight excluding hydrogens is 412 g/mol. The van der Waals surface area contributed by atoms with Gasteiger partial charge in [0, 0.05) is 35.4 Å². The first-order valence-corrected chi connectivity index (χ1v) is 11.2. The molecule has 5 heteroatoms. The van der Waals surface area contributed by atoms with Crippen LogP contribution >= 0.6 is 0 Å². The molecule has 0 aliphatic heterocycles. The molecule has 0 aliphatic rings. The van der Waals surface area contributed by atoms with E-state index in [2.05, 4.69) is 41.1 Å². The van der Waals surface area contributed by atoms with Crippen LogP contribution in [0.25, 0.3) is 16.6 Å². The number of carbonyl (C=O) groups excluding carboxylic acids is 1. The number of aromatic nitrogens is 1. The standard InChI is InChI=1S/C28H30N2O3/c1-19-9-11-23(12-10-19)30-20(2)28(21(3)31)26-15-25(13-14-27(26)30)33-18-24(32)17-29-16-22-7-5-4-6-8-22/h4-15,24,29,32H,16-18H2,1-3H3. The average molecular weight is 443 g/mol. The Morgan fingerprint density at radius 3 is 2.45 bits per heavy atom. The van der Waals surface area contributed by atoms with Crippen molar-refractivity contribution in [2.45, 2.75) is 33.4 Å². The van der Waals surface area contributed by atoms with Gasteiger partial charge in [-0.1, -0.05) is 48.0 Å². The Bertz CT molecular complexity index is 1240. The monoisotopic (exact) mass is 442 g/mol. The summed E-state index contributed by atoms with van der Waals surface area (Å²) in [6.07, 6.45) is -0.643. The highest BCUT2D eigenvalue weighted by Crippen LogP contribution is 2.32. The average Bonchev–Trinajstić information content (AvgIpc) is 3.10. The molecule has 0 amide bonds. The van der Waals surface area contributed by atoms with Gasteiger partial charge < -0.3 is 19.7 Å². The molecule has 0 radical (unpaired) electrons. The Morgan fingerprint density at radius 2 is 1.76 bits per heavy atom. The number of aliphatic hydroxyl groups excluding tert-OH is 1. The summed E-state index contributed by atoms with van der Waals surface area (Å²) < 4.78 is 7.98. The molecule has 4 rings (SSSR count). The lowest BCUT2D eigenvalue weighted by molar-refractivity contribution is 0.101. The molecule has 1 unspecified atom stereocenters. The van der Waals surface area contributed by atoms with Crippen molar-refractivity contribution in [1.29, 1.82) is 0 Å². The summed E-state index contributed by atoms with van der Waals surface area (Å²) in [7, 11) is 0. The topological polar surface area (TPSA) is 63.5 Å². The van der Waals surface area contributed by atoms with Gasteiger partial charge >= 0.3 is 0 Å². The summed E-state index contributed by atoms with van der Waals surface area (Å²) in [5.41, 5.74) is 5.93. The van der Waals surface area contributed by atoms with E-state index in [4.69, 9.17) is 4.74 Å². The summed E-state index contributed by atoms with van der Waals surface area (Å²) in [5.74, 6) is 0.652.